The van der Waals surface area contributed by atoms with E-state index >= 15 is 0 Å². The first-order valence-corrected chi connectivity index (χ1v) is 10.8. The number of nitrogens with zero attached hydrogens (tertiary/aromatic N) is 1. The maximum absolute atomic E-state index is 13.5. The molecule has 1 saturated heterocycles. The third-order valence-electron chi connectivity index (χ3n) is 5.87. The number of hydrogen-bond acceptors (Lipinski definition) is 3. The third-order valence-corrected chi connectivity index (χ3v) is 5.87. The minimum Gasteiger partial charge on any atom is -0.493 e. The largest absolute Gasteiger partial charge is 0.493 e. The van der Waals surface area contributed by atoms with Gasteiger partial charge in [-0.05, 0) is 54.3 Å². The number of aryl methyl sites for hydroxylation is 1. The Morgan fingerprint density at radius 1 is 1.09 bits per heavy atom. The lowest BCUT2D eigenvalue weighted by Gasteiger charge is -2.44. The summed E-state index contributed by atoms with van der Waals surface area (Å²) in [6.45, 7) is 2.73. The predicted molar refractivity (Wildman–Crippen MR) is 112 cm³/mol. The first-order valence-electron chi connectivity index (χ1n) is 10.8. The Labute approximate surface area is 193 Å². The molecule has 1 atom stereocenters. The Kier molecular flexibility index (Phi) is 7.80. The first kappa shape index (κ1) is 25.9. The highest BCUT2D eigenvalue weighted by Crippen LogP contribution is 2.42. The van der Waals surface area contributed by atoms with Crippen molar-refractivity contribution in [1.29, 1.82) is 0 Å². The third kappa shape index (κ3) is 6.43. The molecule has 1 heterocycles. The van der Waals surface area contributed by atoms with Crippen LogP contribution in [0.2, 0.25) is 0 Å². The second-order valence-electron chi connectivity index (χ2n) is 8.39. The van der Waals surface area contributed by atoms with E-state index < -0.39 is 35.5 Å². The normalized spacial score (nSPS) is 16.2. The van der Waals surface area contributed by atoms with Gasteiger partial charge in [0.25, 0.3) is 0 Å². The summed E-state index contributed by atoms with van der Waals surface area (Å²) in [5.74, 6) is -0.330. The number of halogens is 6. The minimum absolute atomic E-state index is 0.00506. The van der Waals surface area contributed by atoms with Gasteiger partial charge in [-0.1, -0.05) is 19.1 Å². The van der Waals surface area contributed by atoms with Gasteiger partial charge in [0.05, 0.1) is 17.7 Å². The van der Waals surface area contributed by atoms with Gasteiger partial charge in [-0.15, -0.1) is 0 Å². The van der Waals surface area contributed by atoms with Gasteiger partial charge in [0, 0.05) is 31.5 Å². The molecule has 0 saturated carbocycles. The lowest BCUT2D eigenvalue weighted by Crippen LogP contribution is -2.50. The molecular formula is C24H25F6NO3. The van der Waals surface area contributed by atoms with Crippen LogP contribution in [0.25, 0.3) is 0 Å². The number of likely N-dealkylation sites (tertiary alicyclic amines) is 1. The number of aliphatic carboxylic acids is 1. The molecule has 1 aliphatic heterocycles. The number of carbonyl (C=O) groups is 1. The van der Waals surface area contributed by atoms with Gasteiger partial charge in [0.2, 0.25) is 0 Å². The van der Waals surface area contributed by atoms with E-state index in [0.717, 1.165) is 5.56 Å². The molecule has 0 amide bonds. The summed E-state index contributed by atoms with van der Waals surface area (Å²) in [5.41, 5.74) is -1.71. The fourth-order valence-corrected chi connectivity index (χ4v) is 4.17. The zero-order valence-corrected chi connectivity index (χ0v) is 18.4. The minimum atomic E-state index is -4.76. The number of hydrogen-bond donors (Lipinski definition) is 1. The summed E-state index contributed by atoms with van der Waals surface area (Å²) < 4.78 is 85.8. The van der Waals surface area contributed by atoms with E-state index in [1.807, 2.05) is 0 Å². The van der Waals surface area contributed by atoms with Gasteiger partial charge >= 0.3 is 18.3 Å². The fourth-order valence-electron chi connectivity index (χ4n) is 4.17. The van der Waals surface area contributed by atoms with E-state index in [4.69, 9.17) is 9.84 Å². The molecule has 1 fully saturated rings. The number of carboxylic acid groups (broad SMARTS) is 1. The molecule has 34 heavy (non-hydrogen) atoms. The Balaban J connectivity index is 1.65. The molecular weight excluding hydrogens is 464 g/mol. The molecule has 2 aromatic carbocycles. The fraction of sp³-hybridized carbons (Fsp3) is 0.458. The molecule has 1 aliphatic rings. The Bertz CT molecular complexity index is 999. The molecule has 186 valence electrons. The van der Waals surface area contributed by atoms with Gasteiger partial charge < -0.3 is 9.84 Å². The van der Waals surface area contributed by atoms with Crippen LogP contribution in [0.4, 0.5) is 26.3 Å². The molecule has 0 bridgehead atoms. The van der Waals surface area contributed by atoms with E-state index in [2.05, 4.69) is 0 Å². The highest BCUT2D eigenvalue weighted by atomic mass is 19.4. The molecule has 0 radical (unpaired) electrons. The van der Waals surface area contributed by atoms with Crippen LogP contribution in [0.15, 0.2) is 42.5 Å². The highest BCUT2D eigenvalue weighted by molar-refractivity contribution is 5.67. The molecule has 1 unspecified atom stereocenters. The van der Waals surface area contributed by atoms with E-state index in [-0.39, 0.29) is 24.3 Å². The number of carboxylic acids is 1. The van der Waals surface area contributed by atoms with Crippen molar-refractivity contribution < 1.29 is 41.0 Å². The molecule has 3 rings (SSSR count). The van der Waals surface area contributed by atoms with Gasteiger partial charge in [-0.25, -0.2) is 0 Å². The molecule has 0 aromatic heterocycles. The quantitative estimate of drug-likeness (QED) is 0.426. The van der Waals surface area contributed by atoms with Gasteiger partial charge in [-0.2, -0.15) is 26.3 Å². The molecule has 10 heteroatoms. The van der Waals surface area contributed by atoms with E-state index in [1.54, 1.807) is 36.1 Å². The predicted octanol–water partition coefficient (Wildman–Crippen LogP) is 6.20. The zero-order valence-electron chi connectivity index (χ0n) is 18.4. The van der Waals surface area contributed by atoms with Crippen molar-refractivity contribution >= 4 is 5.97 Å². The van der Waals surface area contributed by atoms with Gasteiger partial charge in [-0.3, -0.25) is 9.69 Å². The molecule has 0 spiro atoms. The summed E-state index contributed by atoms with van der Waals surface area (Å²) in [6.07, 6.45) is -8.91. The zero-order chi connectivity index (χ0) is 25.1. The second-order valence-corrected chi connectivity index (χ2v) is 8.39. The smallest absolute Gasteiger partial charge is 0.416 e. The number of rotatable bonds is 9. The number of alkyl halides is 6. The van der Waals surface area contributed by atoms with Crippen molar-refractivity contribution in [3.63, 3.8) is 0 Å². The lowest BCUT2D eigenvalue weighted by atomic mass is 9.89. The Hall–Kier alpha value is -2.75. The SMILES string of the molecule is CCC(c1cc(C(F)(F)F)ccc1C(F)(F)F)N1CC(COc2cccc(CCC(=O)O)c2)C1. The van der Waals surface area contributed by atoms with Crippen LogP contribution in [0, 0.1) is 5.92 Å². The number of benzene rings is 2. The average molecular weight is 489 g/mol. The summed E-state index contributed by atoms with van der Waals surface area (Å²) in [6, 6.07) is 7.81. The van der Waals surface area contributed by atoms with Gasteiger partial charge in [0.15, 0.2) is 0 Å². The molecule has 0 aliphatic carbocycles. The average Bonchev–Trinajstić information content (AvgIpc) is 2.72. The highest BCUT2D eigenvalue weighted by Gasteiger charge is 2.41. The maximum Gasteiger partial charge on any atom is 0.416 e. The summed E-state index contributed by atoms with van der Waals surface area (Å²) >= 11 is 0. The van der Waals surface area contributed by atoms with E-state index in [0.29, 0.717) is 50.1 Å². The van der Waals surface area contributed by atoms with Crippen LogP contribution in [0.3, 0.4) is 0 Å². The first-order chi connectivity index (χ1) is 15.9. The standard InChI is InChI=1S/C24H25F6NO3/c1-2-21(19-11-17(23(25,26)27)7-8-20(19)24(28,29)30)31-12-16(13-31)14-34-18-5-3-4-15(10-18)6-9-22(32)33/h3-5,7-8,10-11,16,21H,2,6,9,12-14H2,1H3,(H,32,33). The topological polar surface area (TPSA) is 49.8 Å². The summed E-state index contributed by atoms with van der Waals surface area (Å²) in [5, 5.41) is 8.79. The van der Waals surface area contributed by atoms with Crippen molar-refractivity contribution in [3.05, 3.63) is 64.7 Å². The lowest BCUT2D eigenvalue weighted by molar-refractivity contribution is -0.142. The van der Waals surface area contributed by atoms with Crippen molar-refractivity contribution in [2.24, 2.45) is 5.92 Å². The second kappa shape index (κ2) is 10.2. The summed E-state index contributed by atoms with van der Waals surface area (Å²) in [4.78, 5) is 12.5. The van der Waals surface area contributed by atoms with E-state index in [1.165, 1.54) is 0 Å². The van der Waals surface area contributed by atoms with Crippen LogP contribution in [0.1, 0.15) is 48.1 Å². The van der Waals surface area contributed by atoms with Crippen molar-refractivity contribution in [1.82, 2.24) is 4.90 Å². The van der Waals surface area contributed by atoms with Crippen LogP contribution in [-0.4, -0.2) is 35.7 Å². The van der Waals surface area contributed by atoms with Crippen LogP contribution >= 0.6 is 0 Å². The van der Waals surface area contributed by atoms with Crippen LogP contribution in [0.5, 0.6) is 5.75 Å². The van der Waals surface area contributed by atoms with E-state index in [9.17, 15) is 31.1 Å². The maximum atomic E-state index is 13.5. The van der Waals surface area contributed by atoms with Crippen molar-refractivity contribution in [3.8, 4) is 5.75 Å². The van der Waals surface area contributed by atoms with Crippen molar-refractivity contribution in [2.75, 3.05) is 19.7 Å². The monoisotopic (exact) mass is 489 g/mol. The molecule has 2 aromatic rings. The summed E-state index contributed by atoms with van der Waals surface area (Å²) in [7, 11) is 0. The molecule has 4 nitrogen and oxygen atoms in total. The van der Waals surface area contributed by atoms with Crippen LogP contribution in [-0.2, 0) is 23.6 Å². The number of ether oxygens (including phenoxy) is 1. The molecule has 1 N–H and O–H groups in total. The van der Waals surface area contributed by atoms with Gasteiger partial charge in [0.1, 0.15) is 5.75 Å². The Morgan fingerprint density at radius 2 is 1.79 bits per heavy atom. The Morgan fingerprint density at radius 3 is 2.38 bits per heavy atom. The van der Waals surface area contributed by atoms with Crippen molar-refractivity contribution in [2.45, 2.75) is 44.6 Å². The van der Waals surface area contributed by atoms with Crippen LogP contribution < -0.4 is 4.74 Å².